The fraction of sp³-hybridized carbons (Fsp3) is 0.391. The second-order valence-corrected chi connectivity index (χ2v) is 7.09. The van der Waals surface area contributed by atoms with Crippen LogP contribution in [0.25, 0.3) is 0 Å². The molecule has 0 aliphatic heterocycles. The number of methoxy groups -OCH3 is 1. The molecule has 156 valence electrons. The first-order chi connectivity index (χ1) is 13.9. The average molecular weight is 399 g/mol. The molecular weight excluding hydrogens is 370 g/mol. The van der Waals surface area contributed by atoms with Gasteiger partial charge in [0.05, 0.1) is 7.11 Å². The van der Waals surface area contributed by atoms with Crippen LogP contribution in [0.3, 0.4) is 0 Å². The van der Waals surface area contributed by atoms with Crippen LogP contribution in [-0.4, -0.2) is 38.7 Å². The maximum Gasteiger partial charge on any atom is 0.344 e. The first kappa shape index (κ1) is 22.3. The fourth-order valence-corrected chi connectivity index (χ4v) is 2.76. The van der Waals surface area contributed by atoms with E-state index in [1.165, 1.54) is 0 Å². The molecule has 6 heteroatoms. The number of amides is 1. The van der Waals surface area contributed by atoms with Crippen LogP contribution in [0.1, 0.15) is 36.5 Å². The summed E-state index contributed by atoms with van der Waals surface area (Å²) in [6.45, 7) is 5.99. The third-order valence-electron chi connectivity index (χ3n) is 4.40. The third-order valence-corrected chi connectivity index (χ3v) is 4.40. The maximum atomic E-state index is 11.9. The molecule has 29 heavy (non-hydrogen) atoms. The number of benzene rings is 2. The highest BCUT2D eigenvalue weighted by Crippen LogP contribution is 2.27. The lowest BCUT2D eigenvalue weighted by Crippen LogP contribution is -2.31. The van der Waals surface area contributed by atoms with Crippen LogP contribution < -0.4 is 14.8 Å². The van der Waals surface area contributed by atoms with Gasteiger partial charge in [0.2, 0.25) is 0 Å². The highest BCUT2D eigenvalue weighted by atomic mass is 16.6. The van der Waals surface area contributed by atoms with Crippen molar-refractivity contribution in [2.45, 2.75) is 33.1 Å². The number of aryl methyl sites for hydroxylation is 1. The Morgan fingerprint density at radius 1 is 1.03 bits per heavy atom. The number of ether oxygens (including phenoxy) is 3. The molecule has 0 aliphatic rings. The number of rotatable bonds is 10. The molecule has 0 saturated heterocycles. The lowest BCUT2D eigenvalue weighted by molar-refractivity contribution is -0.150. The van der Waals surface area contributed by atoms with Gasteiger partial charge in [0.15, 0.2) is 13.2 Å². The highest BCUT2D eigenvalue weighted by molar-refractivity contribution is 5.80. The van der Waals surface area contributed by atoms with Crippen LogP contribution in [0, 0.1) is 6.92 Å². The standard InChI is InChI=1S/C23H29NO5/c1-16(2)20-10-5-17(3)13-21(20)28-15-23(26)29-14-22(25)24-12-11-18-6-8-19(27-4)9-7-18/h5-10,13,16H,11-12,14-15H2,1-4H3,(H,24,25). The smallest absolute Gasteiger partial charge is 0.344 e. The molecule has 2 aromatic carbocycles. The van der Waals surface area contributed by atoms with E-state index < -0.39 is 5.97 Å². The summed E-state index contributed by atoms with van der Waals surface area (Å²) in [5.74, 6) is 0.814. The maximum absolute atomic E-state index is 11.9. The number of esters is 1. The van der Waals surface area contributed by atoms with Gasteiger partial charge in [-0.15, -0.1) is 0 Å². The topological polar surface area (TPSA) is 73.9 Å². The minimum absolute atomic E-state index is 0.234. The summed E-state index contributed by atoms with van der Waals surface area (Å²) in [5, 5.41) is 2.73. The van der Waals surface area contributed by atoms with Gasteiger partial charge in [0.1, 0.15) is 11.5 Å². The van der Waals surface area contributed by atoms with E-state index in [9.17, 15) is 9.59 Å². The molecule has 0 heterocycles. The van der Waals surface area contributed by atoms with E-state index in [0.29, 0.717) is 18.7 Å². The van der Waals surface area contributed by atoms with E-state index in [1.807, 2.05) is 49.4 Å². The van der Waals surface area contributed by atoms with Gasteiger partial charge in [0.25, 0.3) is 5.91 Å². The Bertz CT molecular complexity index is 815. The van der Waals surface area contributed by atoms with Crippen LogP contribution in [0.4, 0.5) is 0 Å². The molecule has 2 aromatic rings. The Labute approximate surface area is 172 Å². The Balaban J connectivity index is 1.69. The molecule has 1 N–H and O–H groups in total. The molecule has 0 atom stereocenters. The van der Waals surface area contributed by atoms with Crippen LogP contribution in [0.2, 0.25) is 0 Å². The molecule has 0 spiro atoms. The van der Waals surface area contributed by atoms with E-state index >= 15 is 0 Å². The van der Waals surface area contributed by atoms with Crippen molar-refractivity contribution in [2.75, 3.05) is 26.9 Å². The Morgan fingerprint density at radius 2 is 1.76 bits per heavy atom. The number of carbonyl (C=O) groups excluding carboxylic acids is 2. The zero-order valence-corrected chi connectivity index (χ0v) is 17.5. The normalized spacial score (nSPS) is 10.5. The second-order valence-electron chi connectivity index (χ2n) is 7.09. The minimum Gasteiger partial charge on any atom is -0.497 e. The third kappa shape index (κ3) is 7.49. The van der Waals surface area contributed by atoms with Gasteiger partial charge in [-0.25, -0.2) is 4.79 Å². The summed E-state index contributed by atoms with van der Waals surface area (Å²) in [6.07, 6.45) is 0.679. The summed E-state index contributed by atoms with van der Waals surface area (Å²) in [6, 6.07) is 13.5. The van der Waals surface area contributed by atoms with E-state index in [2.05, 4.69) is 19.2 Å². The van der Waals surface area contributed by atoms with Gasteiger partial charge < -0.3 is 19.5 Å². The summed E-state index contributed by atoms with van der Waals surface area (Å²) in [7, 11) is 1.62. The van der Waals surface area contributed by atoms with E-state index in [1.54, 1.807) is 7.11 Å². The largest absolute Gasteiger partial charge is 0.497 e. The quantitative estimate of drug-likeness (QED) is 0.620. The van der Waals surface area contributed by atoms with Crippen LogP contribution in [0.5, 0.6) is 11.5 Å². The minimum atomic E-state index is -0.577. The molecule has 0 unspecified atom stereocenters. The van der Waals surface area contributed by atoms with E-state index in [-0.39, 0.29) is 25.0 Å². The summed E-state index contributed by atoms with van der Waals surface area (Å²) in [5.41, 5.74) is 3.16. The van der Waals surface area contributed by atoms with E-state index in [0.717, 1.165) is 22.4 Å². The van der Waals surface area contributed by atoms with Crippen molar-refractivity contribution in [1.82, 2.24) is 5.32 Å². The van der Waals surface area contributed by atoms with Crippen LogP contribution >= 0.6 is 0 Å². The van der Waals surface area contributed by atoms with Crippen molar-refractivity contribution in [3.63, 3.8) is 0 Å². The first-order valence-corrected chi connectivity index (χ1v) is 9.67. The predicted molar refractivity (Wildman–Crippen MR) is 111 cm³/mol. The Kier molecular flexibility index (Phi) is 8.52. The van der Waals surface area contributed by atoms with Crippen molar-refractivity contribution in [3.05, 3.63) is 59.2 Å². The van der Waals surface area contributed by atoms with Gasteiger partial charge in [-0.3, -0.25) is 4.79 Å². The van der Waals surface area contributed by atoms with Gasteiger partial charge in [-0.2, -0.15) is 0 Å². The molecule has 0 bridgehead atoms. The van der Waals surface area contributed by atoms with Crippen molar-refractivity contribution in [2.24, 2.45) is 0 Å². The molecule has 0 saturated carbocycles. The SMILES string of the molecule is COc1ccc(CCNC(=O)COC(=O)COc2cc(C)ccc2C(C)C)cc1. The highest BCUT2D eigenvalue weighted by Gasteiger charge is 2.12. The summed E-state index contributed by atoms with van der Waals surface area (Å²) in [4.78, 5) is 23.8. The monoisotopic (exact) mass is 399 g/mol. The second kappa shape index (κ2) is 11.1. The van der Waals surface area contributed by atoms with Gasteiger partial charge in [0, 0.05) is 6.54 Å². The van der Waals surface area contributed by atoms with E-state index in [4.69, 9.17) is 14.2 Å². The molecule has 2 rings (SSSR count). The fourth-order valence-electron chi connectivity index (χ4n) is 2.76. The molecule has 0 aliphatic carbocycles. The number of hydrogen-bond acceptors (Lipinski definition) is 5. The molecule has 1 amide bonds. The van der Waals surface area contributed by atoms with Crippen molar-refractivity contribution in [1.29, 1.82) is 0 Å². The van der Waals surface area contributed by atoms with Gasteiger partial charge >= 0.3 is 5.97 Å². The number of hydrogen-bond donors (Lipinski definition) is 1. The summed E-state index contributed by atoms with van der Waals surface area (Å²) < 4.78 is 15.7. The predicted octanol–water partition coefficient (Wildman–Crippen LogP) is 3.41. The zero-order chi connectivity index (χ0) is 21.2. The average Bonchev–Trinajstić information content (AvgIpc) is 2.71. The van der Waals surface area contributed by atoms with Gasteiger partial charge in [-0.1, -0.05) is 38.1 Å². The zero-order valence-electron chi connectivity index (χ0n) is 17.5. The van der Waals surface area contributed by atoms with Crippen LogP contribution in [-0.2, 0) is 20.7 Å². The number of carbonyl (C=O) groups is 2. The molecule has 0 aromatic heterocycles. The summed E-state index contributed by atoms with van der Waals surface area (Å²) >= 11 is 0. The first-order valence-electron chi connectivity index (χ1n) is 9.67. The number of nitrogens with one attached hydrogen (secondary N) is 1. The Hall–Kier alpha value is -3.02. The lowest BCUT2D eigenvalue weighted by Gasteiger charge is -2.14. The lowest BCUT2D eigenvalue weighted by atomic mass is 10.0. The van der Waals surface area contributed by atoms with Crippen molar-refractivity contribution >= 4 is 11.9 Å². The van der Waals surface area contributed by atoms with Crippen molar-refractivity contribution in [3.8, 4) is 11.5 Å². The van der Waals surface area contributed by atoms with Crippen molar-refractivity contribution < 1.29 is 23.8 Å². The molecule has 0 radical (unpaired) electrons. The van der Waals surface area contributed by atoms with Crippen LogP contribution in [0.15, 0.2) is 42.5 Å². The Morgan fingerprint density at radius 3 is 2.41 bits per heavy atom. The molecule has 0 fully saturated rings. The molecule has 6 nitrogen and oxygen atoms in total. The molecular formula is C23H29NO5. The van der Waals surface area contributed by atoms with Gasteiger partial charge in [-0.05, 0) is 54.2 Å².